The molecule has 0 saturated carbocycles. The smallest absolute Gasteiger partial charge is 0.407 e. The van der Waals surface area contributed by atoms with E-state index in [2.05, 4.69) is 10.3 Å². The molecule has 1 amide bonds. The summed E-state index contributed by atoms with van der Waals surface area (Å²) < 4.78 is 61.4. The third-order valence-electron chi connectivity index (χ3n) is 4.71. The fraction of sp³-hybridized carbons (Fsp3) is 0.273. The largest absolute Gasteiger partial charge is 0.441 e. The van der Waals surface area contributed by atoms with Gasteiger partial charge in [0.05, 0.1) is 16.2 Å². The fourth-order valence-corrected chi connectivity index (χ4v) is 4.64. The molecular weight excluding hydrogens is 440 g/mol. The molecule has 1 atom stereocenters. The number of benzene rings is 1. The lowest BCUT2D eigenvalue weighted by atomic mass is 9.85. The van der Waals surface area contributed by atoms with E-state index in [0.29, 0.717) is 5.56 Å². The molecule has 3 rings (SSSR count). The summed E-state index contributed by atoms with van der Waals surface area (Å²) in [6, 6.07) is 8.77. The van der Waals surface area contributed by atoms with Gasteiger partial charge in [0.1, 0.15) is 11.9 Å². The number of aromatic nitrogens is 2. The molecule has 0 bridgehead atoms. The highest BCUT2D eigenvalue weighted by Gasteiger charge is 2.34. The Kier molecular flexibility index (Phi) is 6.36. The summed E-state index contributed by atoms with van der Waals surface area (Å²) in [5.74, 6) is -1.62. The van der Waals surface area contributed by atoms with Gasteiger partial charge in [-0.25, -0.2) is 26.6 Å². The number of pyridine rings is 1. The van der Waals surface area contributed by atoms with E-state index < -0.39 is 39.4 Å². The molecule has 2 aromatic heterocycles. The molecule has 0 saturated heterocycles. The molecule has 3 aromatic rings. The maximum absolute atomic E-state index is 14.5. The van der Waals surface area contributed by atoms with Crippen molar-refractivity contribution < 1.29 is 26.7 Å². The van der Waals surface area contributed by atoms with Crippen LogP contribution < -0.4 is 5.32 Å². The van der Waals surface area contributed by atoms with Gasteiger partial charge in [-0.1, -0.05) is 26.8 Å². The summed E-state index contributed by atoms with van der Waals surface area (Å²) in [7, 11) is -2.92. The van der Waals surface area contributed by atoms with Crippen LogP contribution in [0.2, 0.25) is 0 Å². The maximum Gasteiger partial charge on any atom is 0.407 e. The number of carbonyl (C=O) groups excluding carboxylic acids is 1. The average molecular weight is 464 g/mol. The van der Waals surface area contributed by atoms with E-state index in [9.17, 15) is 22.0 Å². The molecule has 0 radical (unpaired) electrons. The van der Waals surface area contributed by atoms with Crippen LogP contribution in [0.1, 0.15) is 32.4 Å². The highest BCUT2D eigenvalue weighted by molar-refractivity contribution is 7.90. The van der Waals surface area contributed by atoms with Gasteiger partial charge in [0, 0.05) is 30.4 Å². The van der Waals surface area contributed by atoms with Crippen molar-refractivity contribution in [3.63, 3.8) is 0 Å². The standard InChI is InChI=1S/C22H23F2N3O4S/c1-22(2,3)19(31-21(28)25-4)14-11-18(17-9-6-10-26-20(17)24)27(13-14)32(29,30)16-8-5-7-15(23)12-16/h5-13,19H,1-4H3,(H,25,28). The second-order valence-electron chi connectivity index (χ2n) is 8.16. The third kappa shape index (κ3) is 4.64. The first-order valence-corrected chi connectivity index (χ1v) is 11.1. The molecular formula is C22H23F2N3O4S. The number of amides is 1. The normalized spacial score (nSPS) is 12.9. The third-order valence-corrected chi connectivity index (χ3v) is 6.38. The summed E-state index contributed by atoms with van der Waals surface area (Å²) in [6.45, 7) is 5.43. The molecule has 32 heavy (non-hydrogen) atoms. The summed E-state index contributed by atoms with van der Waals surface area (Å²) in [5, 5.41) is 2.36. The Hall–Kier alpha value is -3.27. The van der Waals surface area contributed by atoms with Gasteiger partial charge in [-0.2, -0.15) is 4.39 Å². The number of hydrogen-bond acceptors (Lipinski definition) is 5. The number of alkyl carbamates (subject to hydrolysis) is 1. The molecule has 0 aliphatic heterocycles. The molecule has 1 N–H and O–H groups in total. The fourth-order valence-electron chi connectivity index (χ4n) is 3.23. The second kappa shape index (κ2) is 8.70. The lowest BCUT2D eigenvalue weighted by Crippen LogP contribution is -2.28. The van der Waals surface area contributed by atoms with Gasteiger partial charge in [-0.05, 0) is 36.4 Å². The van der Waals surface area contributed by atoms with Crippen LogP contribution in [0.5, 0.6) is 0 Å². The number of rotatable bonds is 5. The van der Waals surface area contributed by atoms with Crippen molar-refractivity contribution in [3.05, 3.63) is 72.2 Å². The van der Waals surface area contributed by atoms with E-state index in [1.807, 2.05) is 20.8 Å². The second-order valence-corrected chi connectivity index (χ2v) is 9.97. The molecule has 1 aromatic carbocycles. The first kappa shape index (κ1) is 23.4. The van der Waals surface area contributed by atoms with E-state index >= 15 is 0 Å². The van der Waals surface area contributed by atoms with E-state index in [1.54, 1.807) is 0 Å². The van der Waals surface area contributed by atoms with Gasteiger partial charge >= 0.3 is 6.09 Å². The summed E-state index contributed by atoms with van der Waals surface area (Å²) >= 11 is 0. The van der Waals surface area contributed by atoms with Gasteiger partial charge in [-0.15, -0.1) is 0 Å². The Balaban J connectivity index is 2.28. The Bertz CT molecular complexity index is 1250. The Labute approximate surface area is 185 Å². The average Bonchev–Trinajstić information content (AvgIpc) is 3.16. The molecule has 0 aliphatic carbocycles. The summed E-state index contributed by atoms with van der Waals surface area (Å²) in [4.78, 5) is 15.2. The quantitative estimate of drug-likeness (QED) is 0.563. The van der Waals surface area contributed by atoms with Gasteiger partial charge in [0.2, 0.25) is 5.95 Å². The highest BCUT2D eigenvalue weighted by Crippen LogP contribution is 2.39. The zero-order valence-electron chi connectivity index (χ0n) is 18.0. The maximum atomic E-state index is 14.5. The zero-order chi connectivity index (χ0) is 23.7. The minimum atomic E-state index is -4.32. The van der Waals surface area contributed by atoms with Crippen molar-refractivity contribution in [2.75, 3.05) is 7.05 Å². The van der Waals surface area contributed by atoms with E-state index in [-0.39, 0.29) is 16.2 Å². The van der Waals surface area contributed by atoms with Gasteiger partial charge < -0.3 is 10.1 Å². The molecule has 2 heterocycles. The predicted octanol–water partition coefficient (Wildman–Crippen LogP) is 4.51. The van der Waals surface area contributed by atoms with Crippen LogP contribution >= 0.6 is 0 Å². The molecule has 1 unspecified atom stereocenters. The lowest BCUT2D eigenvalue weighted by molar-refractivity contribution is 0.0315. The van der Waals surface area contributed by atoms with E-state index in [1.165, 1.54) is 49.8 Å². The van der Waals surface area contributed by atoms with Crippen molar-refractivity contribution in [3.8, 4) is 11.3 Å². The molecule has 170 valence electrons. The lowest BCUT2D eigenvalue weighted by Gasteiger charge is -2.29. The molecule has 10 heteroatoms. The van der Waals surface area contributed by atoms with E-state index in [4.69, 9.17) is 4.74 Å². The van der Waals surface area contributed by atoms with Crippen molar-refractivity contribution in [1.82, 2.24) is 14.3 Å². The molecule has 7 nitrogen and oxygen atoms in total. The van der Waals surface area contributed by atoms with Crippen LogP contribution in [-0.2, 0) is 14.8 Å². The van der Waals surface area contributed by atoms with Crippen LogP contribution in [0.3, 0.4) is 0 Å². The monoisotopic (exact) mass is 463 g/mol. The topological polar surface area (TPSA) is 90.3 Å². The predicted molar refractivity (Wildman–Crippen MR) is 114 cm³/mol. The van der Waals surface area contributed by atoms with Crippen molar-refractivity contribution >= 4 is 16.1 Å². The molecule has 0 aliphatic rings. The molecule has 0 spiro atoms. The number of halogens is 2. The molecule has 0 fully saturated rings. The number of nitrogens with one attached hydrogen (secondary N) is 1. The number of carbonyl (C=O) groups is 1. The zero-order valence-corrected chi connectivity index (χ0v) is 18.8. The Morgan fingerprint density at radius 3 is 2.47 bits per heavy atom. The highest BCUT2D eigenvalue weighted by atomic mass is 32.2. The van der Waals surface area contributed by atoms with Gasteiger partial charge in [-0.3, -0.25) is 0 Å². The Morgan fingerprint density at radius 2 is 1.88 bits per heavy atom. The van der Waals surface area contributed by atoms with Gasteiger partial charge in [0.25, 0.3) is 10.0 Å². The number of nitrogens with zero attached hydrogens (tertiary/aromatic N) is 2. The first-order valence-electron chi connectivity index (χ1n) is 9.68. The number of ether oxygens (including phenoxy) is 1. The van der Waals surface area contributed by atoms with Crippen LogP contribution in [0.15, 0.2) is 59.8 Å². The minimum absolute atomic E-state index is 0.0374. The van der Waals surface area contributed by atoms with Crippen molar-refractivity contribution in [2.45, 2.75) is 31.8 Å². The SMILES string of the molecule is CNC(=O)OC(c1cc(-c2cccnc2F)n(S(=O)(=O)c2cccc(F)c2)c1)C(C)(C)C. The first-order chi connectivity index (χ1) is 14.9. The minimum Gasteiger partial charge on any atom is -0.441 e. The van der Waals surface area contributed by atoms with Crippen LogP contribution in [0, 0.1) is 17.2 Å². The van der Waals surface area contributed by atoms with Crippen LogP contribution in [0.4, 0.5) is 13.6 Å². The van der Waals surface area contributed by atoms with Gasteiger partial charge in [0.15, 0.2) is 0 Å². The van der Waals surface area contributed by atoms with Crippen LogP contribution in [0.25, 0.3) is 11.3 Å². The Morgan fingerprint density at radius 1 is 1.16 bits per heavy atom. The number of hydrogen-bond donors (Lipinski definition) is 1. The van der Waals surface area contributed by atoms with Crippen molar-refractivity contribution in [2.24, 2.45) is 5.41 Å². The summed E-state index contributed by atoms with van der Waals surface area (Å²) in [6.07, 6.45) is 0.909. The van der Waals surface area contributed by atoms with E-state index in [0.717, 1.165) is 16.1 Å². The van der Waals surface area contributed by atoms with Crippen molar-refractivity contribution in [1.29, 1.82) is 0 Å². The van der Waals surface area contributed by atoms with Crippen LogP contribution in [-0.4, -0.2) is 30.5 Å². The summed E-state index contributed by atoms with van der Waals surface area (Å²) in [5.41, 5.74) is -0.429.